The van der Waals surface area contributed by atoms with Gasteiger partial charge in [-0.2, -0.15) is 0 Å². The third-order valence-electron chi connectivity index (χ3n) is 4.84. The summed E-state index contributed by atoms with van der Waals surface area (Å²) in [6.07, 6.45) is 0. The van der Waals surface area contributed by atoms with Gasteiger partial charge in [-0.25, -0.2) is 4.79 Å². The first-order valence-corrected chi connectivity index (χ1v) is 9.96. The summed E-state index contributed by atoms with van der Waals surface area (Å²) in [6.45, 7) is 4.78. The first kappa shape index (κ1) is 19.2. The van der Waals surface area contributed by atoms with Gasteiger partial charge in [0.25, 0.3) is 0 Å². The van der Waals surface area contributed by atoms with Crippen molar-refractivity contribution in [1.82, 2.24) is 9.80 Å². The molecule has 4 rings (SSSR count). The van der Waals surface area contributed by atoms with E-state index in [1.165, 1.54) is 0 Å². The van der Waals surface area contributed by atoms with Crippen molar-refractivity contribution < 1.29 is 14.3 Å². The molecule has 2 aliphatic rings. The number of hydrogen-bond donors (Lipinski definition) is 1. The lowest BCUT2D eigenvalue weighted by Gasteiger charge is -2.34. The molecule has 0 aromatic heterocycles. The molecule has 2 aliphatic heterocycles. The third-order valence-corrected chi connectivity index (χ3v) is 5.58. The Hall–Kier alpha value is -2.15. The Kier molecular flexibility index (Phi) is 5.80. The second-order valence-corrected chi connectivity index (χ2v) is 7.61. The molecule has 1 saturated heterocycles. The van der Waals surface area contributed by atoms with Gasteiger partial charge in [-0.3, -0.25) is 4.90 Å². The zero-order valence-corrected chi connectivity index (χ0v) is 16.8. The maximum atomic E-state index is 12.6. The number of benzene rings is 2. The molecule has 1 N–H and O–H groups in total. The van der Waals surface area contributed by atoms with Crippen LogP contribution in [0.2, 0.25) is 10.0 Å². The number of halogens is 2. The smallest absolute Gasteiger partial charge is 0.321 e. The predicted molar refractivity (Wildman–Crippen MR) is 110 cm³/mol. The first-order valence-electron chi connectivity index (χ1n) is 9.20. The molecule has 2 aromatic carbocycles. The minimum Gasteiger partial charge on any atom is -0.486 e. The maximum absolute atomic E-state index is 12.6. The van der Waals surface area contributed by atoms with Gasteiger partial charge >= 0.3 is 6.03 Å². The number of ether oxygens (including phenoxy) is 2. The molecule has 28 heavy (non-hydrogen) atoms. The van der Waals surface area contributed by atoms with Crippen LogP contribution in [0.5, 0.6) is 11.5 Å². The minimum atomic E-state index is -0.106. The molecule has 2 amide bonds. The monoisotopic (exact) mass is 421 g/mol. The second-order valence-electron chi connectivity index (χ2n) is 6.80. The molecule has 6 nitrogen and oxygen atoms in total. The Balaban J connectivity index is 1.29. The predicted octanol–water partition coefficient (Wildman–Crippen LogP) is 4.11. The number of nitrogens with one attached hydrogen (secondary N) is 1. The zero-order chi connectivity index (χ0) is 19.5. The van der Waals surface area contributed by atoms with Crippen molar-refractivity contribution in [2.75, 3.05) is 44.7 Å². The number of carbonyl (C=O) groups excluding carboxylic acids is 1. The molecule has 2 heterocycles. The van der Waals surface area contributed by atoms with Crippen LogP contribution in [0.4, 0.5) is 10.5 Å². The fraction of sp³-hybridized carbons (Fsp3) is 0.350. The number of rotatable bonds is 3. The summed E-state index contributed by atoms with van der Waals surface area (Å²) in [7, 11) is 0. The zero-order valence-electron chi connectivity index (χ0n) is 15.3. The van der Waals surface area contributed by atoms with E-state index in [0.717, 1.165) is 25.2 Å². The maximum Gasteiger partial charge on any atom is 0.321 e. The first-order chi connectivity index (χ1) is 13.6. The SMILES string of the molecule is O=C(Nc1ccc2c(c1)OCCO2)N1CCN(Cc2ccc(Cl)c(Cl)c2)CC1. The average molecular weight is 422 g/mol. The van der Waals surface area contributed by atoms with Gasteiger partial charge in [-0.15, -0.1) is 0 Å². The van der Waals surface area contributed by atoms with Crippen molar-refractivity contribution in [2.24, 2.45) is 0 Å². The number of piperazine rings is 1. The lowest BCUT2D eigenvalue weighted by Crippen LogP contribution is -2.49. The molecule has 0 aliphatic carbocycles. The summed E-state index contributed by atoms with van der Waals surface area (Å²) >= 11 is 12.1. The largest absolute Gasteiger partial charge is 0.486 e. The van der Waals surface area contributed by atoms with Gasteiger partial charge in [0.15, 0.2) is 11.5 Å². The van der Waals surface area contributed by atoms with Gasteiger partial charge in [0.2, 0.25) is 0 Å². The van der Waals surface area contributed by atoms with Gasteiger partial charge in [0, 0.05) is 44.5 Å². The topological polar surface area (TPSA) is 54.0 Å². The molecule has 0 saturated carbocycles. The molecule has 2 aromatic rings. The van der Waals surface area contributed by atoms with Crippen LogP contribution < -0.4 is 14.8 Å². The van der Waals surface area contributed by atoms with E-state index in [2.05, 4.69) is 10.2 Å². The summed E-state index contributed by atoms with van der Waals surface area (Å²) in [6, 6.07) is 11.0. The number of hydrogen-bond acceptors (Lipinski definition) is 4. The average Bonchev–Trinajstić information content (AvgIpc) is 2.71. The van der Waals surface area contributed by atoms with Crippen LogP contribution in [0.25, 0.3) is 0 Å². The molecule has 0 spiro atoms. The number of amides is 2. The lowest BCUT2D eigenvalue weighted by molar-refractivity contribution is 0.143. The van der Waals surface area contributed by atoms with Crippen molar-refractivity contribution >= 4 is 34.9 Å². The molecular formula is C20H21Cl2N3O3. The van der Waals surface area contributed by atoms with Crippen LogP contribution in [0.1, 0.15) is 5.56 Å². The van der Waals surface area contributed by atoms with Gasteiger partial charge in [-0.1, -0.05) is 29.3 Å². The number of carbonyl (C=O) groups is 1. The Morgan fingerprint density at radius 2 is 1.68 bits per heavy atom. The van der Waals surface area contributed by atoms with Crippen molar-refractivity contribution in [1.29, 1.82) is 0 Å². The fourth-order valence-electron chi connectivity index (χ4n) is 3.33. The second kappa shape index (κ2) is 8.47. The molecule has 0 radical (unpaired) electrons. The van der Waals surface area contributed by atoms with Crippen LogP contribution in [0.15, 0.2) is 36.4 Å². The molecule has 1 fully saturated rings. The van der Waals surface area contributed by atoms with Gasteiger partial charge in [0.05, 0.1) is 10.0 Å². The number of fused-ring (bicyclic) bond motifs is 1. The van der Waals surface area contributed by atoms with E-state index in [1.54, 1.807) is 6.07 Å². The highest BCUT2D eigenvalue weighted by Gasteiger charge is 2.22. The van der Waals surface area contributed by atoms with E-state index in [9.17, 15) is 4.79 Å². The van der Waals surface area contributed by atoms with Crippen LogP contribution >= 0.6 is 23.2 Å². The Labute approximate surface area is 173 Å². The summed E-state index contributed by atoms with van der Waals surface area (Å²) in [4.78, 5) is 16.7. The standard InChI is InChI=1S/C20H21Cl2N3O3/c21-16-3-1-14(11-17(16)22)13-24-5-7-25(8-6-24)20(26)23-15-2-4-18-19(12-15)28-10-9-27-18/h1-4,11-12H,5-10,13H2,(H,23,26). The van der Waals surface area contributed by atoms with Crippen LogP contribution in [0.3, 0.4) is 0 Å². The van der Waals surface area contributed by atoms with Gasteiger partial charge in [-0.05, 0) is 29.8 Å². The summed E-state index contributed by atoms with van der Waals surface area (Å²) < 4.78 is 11.1. The highest BCUT2D eigenvalue weighted by molar-refractivity contribution is 6.42. The van der Waals surface area contributed by atoms with Crippen LogP contribution in [-0.4, -0.2) is 55.2 Å². The third kappa shape index (κ3) is 4.46. The fourth-order valence-corrected chi connectivity index (χ4v) is 3.65. The van der Waals surface area contributed by atoms with Gasteiger partial charge in [0.1, 0.15) is 13.2 Å². The number of urea groups is 1. The van der Waals surface area contributed by atoms with Crippen LogP contribution in [-0.2, 0) is 6.54 Å². The quantitative estimate of drug-likeness (QED) is 0.809. The number of nitrogens with zero attached hydrogens (tertiary/aromatic N) is 2. The highest BCUT2D eigenvalue weighted by atomic mass is 35.5. The highest BCUT2D eigenvalue weighted by Crippen LogP contribution is 2.32. The Bertz CT molecular complexity index is 870. The van der Waals surface area contributed by atoms with Gasteiger partial charge < -0.3 is 19.7 Å². The van der Waals surface area contributed by atoms with Crippen LogP contribution in [0, 0.1) is 0 Å². The van der Waals surface area contributed by atoms with Crippen molar-refractivity contribution in [3.63, 3.8) is 0 Å². The van der Waals surface area contributed by atoms with Crippen molar-refractivity contribution in [3.8, 4) is 11.5 Å². The van der Waals surface area contributed by atoms with Crippen molar-refractivity contribution in [3.05, 3.63) is 52.0 Å². The van der Waals surface area contributed by atoms with E-state index in [4.69, 9.17) is 32.7 Å². The molecule has 0 atom stereocenters. The Morgan fingerprint density at radius 3 is 2.43 bits per heavy atom. The van der Waals surface area contributed by atoms with E-state index < -0.39 is 0 Å². The molecule has 0 bridgehead atoms. The number of anilines is 1. The molecular weight excluding hydrogens is 401 g/mol. The van der Waals surface area contributed by atoms with E-state index in [1.807, 2.05) is 35.2 Å². The Morgan fingerprint density at radius 1 is 0.929 bits per heavy atom. The van der Waals surface area contributed by atoms with E-state index >= 15 is 0 Å². The molecule has 0 unspecified atom stereocenters. The van der Waals surface area contributed by atoms with Crippen molar-refractivity contribution in [2.45, 2.75) is 6.54 Å². The lowest BCUT2D eigenvalue weighted by atomic mass is 10.2. The molecule has 8 heteroatoms. The van der Waals surface area contributed by atoms with E-state index in [0.29, 0.717) is 53.5 Å². The normalized spacial score (nSPS) is 16.7. The minimum absolute atomic E-state index is 0.106. The molecule has 148 valence electrons. The summed E-state index contributed by atoms with van der Waals surface area (Å²) in [5.41, 5.74) is 1.82. The summed E-state index contributed by atoms with van der Waals surface area (Å²) in [5, 5.41) is 4.07. The summed E-state index contributed by atoms with van der Waals surface area (Å²) in [5.74, 6) is 1.37. The van der Waals surface area contributed by atoms with E-state index in [-0.39, 0.29) is 6.03 Å².